The summed E-state index contributed by atoms with van der Waals surface area (Å²) in [4.78, 5) is 25.9. The van der Waals surface area contributed by atoms with Gasteiger partial charge in [-0.3, -0.25) is 4.79 Å². The lowest BCUT2D eigenvalue weighted by atomic mass is 10.0. The van der Waals surface area contributed by atoms with Crippen LogP contribution < -0.4 is 14.4 Å². The number of halogens is 2. The van der Waals surface area contributed by atoms with Gasteiger partial charge in [0.2, 0.25) is 11.8 Å². The number of methoxy groups -OCH3 is 1. The summed E-state index contributed by atoms with van der Waals surface area (Å²) in [5.41, 5.74) is 0.775. The molecule has 0 saturated carbocycles. The maximum Gasteiger partial charge on any atom is 0.260 e. The van der Waals surface area contributed by atoms with E-state index in [4.69, 9.17) is 19.2 Å². The van der Waals surface area contributed by atoms with Crippen LogP contribution in [-0.4, -0.2) is 60.7 Å². The molecule has 0 spiro atoms. The van der Waals surface area contributed by atoms with Crippen molar-refractivity contribution < 1.29 is 27.8 Å². The number of ether oxygens (including phenoxy) is 3. The number of anilines is 1. The van der Waals surface area contributed by atoms with Gasteiger partial charge in [0.15, 0.2) is 0 Å². The van der Waals surface area contributed by atoms with Crippen LogP contribution in [0.4, 0.5) is 14.7 Å². The maximum atomic E-state index is 14.3. The molecule has 182 valence electrons. The van der Waals surface area contributed by atoms with Gasteiger partial charge in [-0.25, -0.2) is 13.8 Å². The first-order chi connectivity index (χ1) is 17.0. The smallest absolute Gasteiger partial charge is 0.260 e. The highest BCUT2D eigenvalue weighted by molar-refractivity contribution is 5.95. The van der Waals surface area contributed by atoms with Crippen LogP contribution in [0.3, 0.4) is 0 Å². The van der Waals surface area contributed by atoms with E-state index in [1.807, 2.05) is 4.90 Å². The molecule has 3 aromatic rings. The molecule has 1 fully saturated rings. The molecule has 2 aliphatic rings. The molecule has 35 heavy (non-hydrogen) atoms. The van der Waals surface area contributed by atoms with Crippen molar-refractivity contribution in [3.63, 3.8) is 0 Å². The van der Waals surface area contributed by atoms with Crippen molar-refractivity contribution in [2.24, 2.45) is 0 Å². The van der Waals surface area contributed by atoms with Gasteiger partial charge in [-0.15, -0.1) is 0 Å². The van der Waals surface area contributed by atoms with Gasteiger partial charge in [-0.1, -0.05) is 6.07 Å². The molecule has 2 aromatic carbocycles. The van der Waals surface area contributed by atoms with Gasteiger partial charge in [0.05, 0.1) is 38.1 Å². The summed E-state index contributed by atoms with van der Waals surface area (Å²) in [7, 11) is 1.58. The Morgan fingerprint density at radius 3 is 2.34 bits per heavy atom. The topological polar surface area (TPSA) is 77.0 Å². The van der Waals surface area contributed by atoms with E-state index in [0.717, 1.165) is 17.8 Å². The number of morpholine rings is 1. The normalized spacial score (nSPS) is 15.5. The summed E-state index contributed by atoms with van der Waals surface area (Å²) in [5, 5.41) is 0. The fourth-order valence-corrected chi connectivity index (χ4v) is 4.15. The number of carbonyl (C=O) groups is 1. The van der Waals surface area contributed by atoms with Crippen LogP contribution in [0.1, 0.15) is 21.6 Å². The first kappa shape index (κ1) is 23.0. The van der Waals surface area contributed by atoms with E-state index in [9.17, 15) is 13.6 Å². The van der Waals surface area contributed by atoms with Gasteiger partial charge in [0.25, 0.3) is 5.91 Å². The molecule has 8 nitrogen and oxygen atoms in total. The lowest BCUT2D eigenvalue weighted by molar-refractivity contribution is 0.0721. The van der Waals surface area contributed by atoms with Crippen molar-refractivity contribution in [3.05, 3.63) is 70.9 Å². The average Bonchev–Trinajstić information content (AvgIpc) is 2.89. The third-order valence-electron chi connectivity index (χ3n) is 6.04. The Hall–Kier alpha value is -3.79. The molecule has 0 radical (unpaired) electrons. The van der Waals surface area contributed by atoms with Crippen molar-refractivity contribution in [2.75, 3.05) is 44.9 Å². The van der Waals surface area contributed by atoms with E-state index < -0.39 is 23.1 Å². The molecule has 1 saturated heterocycles. The second-order valence-corrected chi connectivity index (χ2v) is 8.20. The number of fused-ring (bicyclic) bond motifs is 1. The number of hydrogen-bond acceptors (Lipinski definition) is 7. The van der Waals surface area contributed by atoms with Crippen LogP contribution in [0.25, 0.3) is 0 Å². The zero-order valence-electron chi connectivity index (χ0n) is 19.2. The number of hydrogen-bond donors (Lipinski definition) is 0. The van der Waals surface area contributed by atoms with Crippen LogP contribution in [0.2, 0.25) is 0 Å². The van der Waals surface area contributed by atoms with E-state index in [-0.39, 0.29) is 13.1 Å². The van der Waals surface area contributed by atoms with Gasteiger partial charge in [0, 0.05) is 26.1 Å². The monoisotopic (exact) mass is 482 g/mol. The summed E-state index contributed by atoms with van der Waals surface area (Å²) >= 11 is 0. The van der Waals surface area contributed by atoms with Crippen molar-refractivity contribution in [3.8, 4) is 17.4 Å². The Morgan fingerprint density at radius 1 is 0.971 bits per heavy atom. The third kappa shape index (κ3) is 4.74. The molecular weight excluding hydrogens is 458 g/mol. The Balaban J connectivity index is 1.49. The Morgan fingerprint density at radius 2 is 1.66 bits per heavy atom. The zero-order chi connectivity index (χ0) is 24.4. The lowest BCUT2D eigenvalue weighted by Gasteiger charge is -2.32. The zero-order valence-corrected chi connectivity index (χ0v) is 19.2. The molecule has 2 aliphatic heterocycles. The van der Waals surface area contributed by atoms with Gasteiger partial charge < -0.3 is 24.0 Å². The predicted molar refractivity (Wildman–Crippen MR) is 123 cm³/mol. The first-order valence-corrected chi connectivity index (χ1v) is 11.3. The molecule has 3 heterocycles. The summed E-state index contributed by atoms with van der Waals surface area (Å²) in [6.45, 7) is 2.78. The first-order valence-electron chi connectivity index (χ1n) is 11.3. The second-order valence-electron chi connectivity index (χ2n) is 8.20. The minimum absolute atomic E-state index is 0.0663. The number of benzene rings is 2. The van der Waals surface area contributed by atoms with Crippen LogP contribution in [0, 0.1) is 11.6 Å². The summed E-state index contributed by atoms with van der Waals surface area (Å²) in [6, 6.07) is 10.4. The van der Waals surface area contributed by atoms with Crippen LogP contribution in [-0.2, 0) is 17.7 Å². The minimum atomic E-state index is -0.894. The van der Waals surface area contributed by atoms with E-state index >= 15 is 0 Å². The van der Waals surface area contributed by atoms with Gasteiger partial charge in [-0.05, 0) is 36.4 Å². The lowest BCUT2D eigenvalue weighted by Crippen LogP contribution is -2.40. The Kier molecular flexibility index (Phi) is 6.45. The van der Waals surface area contributed by atoms with E-state index in [1.54, 1.807) is 31.4 Å². The van der Waals surface area contributed by atoms with E-state index in [1.165, 1.54) is 11.0 Å². The maximum absolute atomic E-state index is 14.3. The van der Waals surface area contributed by atoms with Gasteiger partial charge in [-0.2, -0.15) is 4.98 Å². The molecule has 0 atom stereocenters. The SMILES string of the molecule is COc1ccc(Oc2nc(N3CCOCC3)nc3c2CN(C(=O)c2c(F)cccc2F)CC3)cc1. The highest BCUT2D eigenvalue weighted by Gasteiger charge is 2.31. The molecule has 0 aliphatic carbocycles. The van der Waals surface area contributed by atoms with E-state index in [0.29, 0.717) is 61.6 Å². The minimum Gasteiger partial charge on any atom is -0.497 e. The second kappa shape index (κ2) is 9.83. The summed E-state index contributed by atoms with van der Waals surface area (Å²) in [5.74, 6) is -0.477. The van der Waals surface area contributed by atoms with Crippen molar-refractivity contribution in [1.82, 2.24) is 14.9 Å². The standard InChI is InChI=1S/C25H24F2N4O4/c1-33-16-5-7-17(8-6-16)35-23-18-15-31(24(32)22-19(26)3-2-4-20(22)27)10-9-21(18)28-25(29-23)30-11-13-34-14-12-30/h2-8H,9-15H2,1H3. The van der Waals surface area contributed by atoms with Crippen molar-refractivity contribution in [2.45, 2.75) is 13.0 Å². The molecule has 0 bridgehead atoms. The molecular formula is C25H24F2N4O4. The largest absolute Gasteiger partial charge is 0.497 e. The Bertz CT molecular complexity index is 1210. The predicted octanol–water partition coefficient (Wildman–Crippen LogP) is 3.59. The van der Waals surface area contributed by atoms with Crippen LogP contribution in [0.5, 0.6) is 17.4 Å². The van der Waals surface area contributed by atoms with Crippen molar-refractivity contribution >= 4 is 11.9 Å². The van der Waals surface area contributed by atoms with Crippen LogP contribution in [0.15, 0.2) is 42.5 Å². The fourth-order valence-electron chi connectivity index (χ4n) is 4.15. The highest BCUT2D eigenvalue weighted by atomic mass is 19.1. The van der Waals surface area contributed by atoms with Crippen molar-refractivity contribution in [1.29, 1.82) is 0 Å². The van der Waals surface area contributed by atoms with E-state index in [2.05, 4.69) is 4.98 Å². The molecule has 0 unspecified atom stereocenters. The Labute approximate surface area is 201 Å². The molecule has 5 rings (SSSR count). The molecule has 0 N–H and O–H groups in total. The quantitative estimate of drug-likeness (QED) is 0.550. The fraction of sp³-hybridized carbons (Fsp3) is 0.320. The van der Waals surface area contributed by atoms with Gasteiger partial charge >= 0.3 is 0 Å². The van der Waals surface area contributed by atoms with Gasteiger partial charge in [0.1, 0.15) is 28.7 Å². The number of carbonyl (C=O) groups excluding carboxylic acids is 1. The summed E-state index contributed by atoms with van der Waals surface area (Å²) < 4.78 is 45.3. The molecule has 1 amide bonds. The highest BCUT2D eigenvalue weighted by Crippen LogP contribution is 2.33. The molecule has 1 aromatic heterocycles. The average molecular weight is 482 g/mol. The third-order valence-corrected chi connectivity index (χ3v) is 6.04. The van der Waals surface area contributed by atoms with Crippen LogP contribution >= 0.6 is 0 Å². The number of amides is 1. The number of nitrogens with zero attached hydrogens (tertiary/aromatic N) is 4. The number of aromatic nitrogens is 2. The summed E-state index contributed by atoms with van der Waals surface area (Å²) in [6.07, 6.45) is 0.399. The number of rotatable bonds is 5. The molecule has 10 heteroatoms.